The Labute approximate surface area is 120 Å². The van der Waals surface area contributed by atoms with E-state index in [0.717, 1.165) is 5.75 Å². The van der Waals surface area contributed by atoms with Gasteiger partial charge in [-0.05, 0) is 24.6 Å². The van der Waals surface area contributed by atoms with Gasteiger partial charge in [0.05, 0.1) is 0 Å². The molecule has 2 atom stereocenters. The second-order valence-electron chi connectivity index (χ2n) is 4.82. The average Bonchev–Trinajstić information content (AvgIpc) is 2.52. The van der Waals surface area contributed by atoms with Crippen LogP contribution in [0.2, 0.25) is 0 Å². The molecule has 0 aliphatic rings. The number of hydrogen-bond acceptors (Lipinski definition) is 3. The van der Waals surface area contributed by atoms with Crippen LogP contribution in [0.4, 0.5) is 0 Å². The van der Waals surface area contributed by atoms with Crippen LogP contribution in [0.1, 0.15) is 18.5 Å². The highest BCUT2D eigenvalue weighted by molar-refractivity contribution is 5.21. The van der Waals surface area contributed by atoms with E-state index in [-0.39, 0.29) is 6.04 Å². The summed E-state index contributed by atoms with van der Waals surface area (Å²) >= 11 is 0. The van der Waals surface area contributed by atoms with Gasteiger partial charge in [-0.1, -0.05) is 48.5 Å². The minimum atomic E-state index is -0.527. The minimum absolute atomic E-state index is 0.211. The summed E-state index contributed by atoms with van der Waals surface area (Å²) in [5.41, 5.74) is 1.21. The summed E-state index contributed by atoms with van der Waals surface area (Å²) in [6, 6.07) is 19.9. The molecule has 0 unspecified atom stereocenters. The Morgan fingerprint density at radius 3 is 2.25 bits per heavy atom. The number of benzene rings is 2. The number of hydrogen-bond donors (Lipinski definition) is 2. The molecule has 0 amide bonds. The fourth-order valence-electron chi connectivity index (χ4n) is 1.94. The Morgan fingerprint density at radius 1 is 1.00 bits per heavy atom. The largest absolute Gasteiger partial charge is 0.491 e. The van der Waals surface area contributed by atoms with E-state index in [0.29, 0.717) is 13.2 Å². The number of aliphatic hydroxyl groups excluding tert-OH is 1. The summed E-state index contributed by atoms with van der Waals surface area (Å²) in [6.07, 6.45) is -0.527. The van der Waals surface area contributed by atoms with Crippen molar-refractivity contribution in [2.75, 3.05) is 13.2 Å². The molecule has 0 bridgehead atoms. The topological polar surface area (TPSA) is 41.5 Å². The molecule has 2 aromatic carbocycles. The van der Waals surface area contributed by atoms with E-state index in [1.807, 2.05) is 48.5 Å². The Hall–Kier alpha value is -1.84. The van der Waals surface area contributed by atoms with E-state index in [4.69, 9.17) is 4.74 Å². The van der Waals surface area contributed by atoms with Gasteiger partial charge in [0.15, 0.2) is 0 Å². The van der Waals surface area contributed by atoms with Gasteiger partial charge in [0.2, 0.25) is 0 Å². The Kier molecular flexibility index (Phi) is 5.59. The molecule has 0 radical (unpaired) electrons. The van der Waals surface area contributed by atoms with Crippen LogP contribution in [-0.2, 0) is 0 Å². The second kappa shape index (κ2) is 7.68. The van der Waals surface area contributed by atoms with E-state index in [1.165, 1.54) is 5.56 Å². The zero-order chi connectivity index (χ0) is 14.2. The van der Waals surface area contributed by atoms with E-state index in [1.54, 1.807) is 0 Å². The van der Waals surface area contributed by atoms with Gasteiger partial charge in [0.25, 0.3) is 0 Å². The molecular formula is C17H21NO2. The average molecular weight is 271 g/mol. The van der Waals surface area contributed by atoms with Crippen LogP contribution in [-0.4, -0.2) is 24.4 Å². The molecule has 20 heavy (non-hydrogen) atoms. The van der Waals surface area contributed by atoms with Crippen molar-refractivity contribution in [2.24, 2.45) is 0 Å². The predicted octanol–water partition coefficient (Wildman–Crippen LogP) is 2.78. The summed E-state index contributed by atoms with van der Waals surface area (Å²) < 4.78 is 5.52. The third-order valence-electron chi connectivity index (χ3n) is 3.14. The molecule has 106 valence electrons. The van der Waals surface area contributed by atoms with Gasteiger partial charge in [-0.2, -0.15) is 0 Å². The quantitative estimate of drug-likeness (QED) is 0.813. The zero-order valence-corrected chi connectivity index (χ0v) is 11.7. The van der Waals surface area contributed by atoms with Crippen LogP contribution in [0, 0.1) is 0 Å². The van der Waals surface area contributed by atoms with Crippen LogP contribution in [0.15, 0.2) is 60.7 Å². The SMILES string of the molecule is C[C@@H](NC[C@@H](O)COc1ccccc1)c1ccccc1. The molecule has 0 fully saturated rings. The van der Waals surface area contributed by atoms with Gasteiger partial charge in [0, 0.05) is 12.6 Å². The lowest BCUT2D eigenvalue weighted by atomic mass is 10.1. The fourth-order valence-corrected chi connectivity index (χ4v) is 1.94. The molecular weight excluding hydrogens is 250 g/mol. The first-order chi connectivity index (χ1) is 9.75. The van der Waals surface area contributed by atoms with Crippen molar-refractivity contribution in [3.8, 4) is 5.75 Å². The summed E-state index contributed by atoms with van der Waals surface area (Å²) in [7, 11) is 0. The number of para-hydroxylation sites is 1. The summed E-state index contributed by atoms with van der Waals surface area (Å²) in [6.45, 7) is 2.88. The highest BCUT2D eigenvalue weighted by atomic mass is 16.5. The molecule has 0 heterocycles. The maximum Gasteiger partial charge on any atom is 0.119 e. The monoisotopic (exact) mass is 271 g/mol. The highest BCUT2D eigenvalue weighted by Crippen LogP contribution is 2.11. The fraction of sp³-hybridized carbons (Fsp3) is 0.294. The molecule has 0 aliphatic carbocycles. The number of ether oxygens (including phenoxy) is 1. The molecule has 0 saturated carbocycles. The van der Waals surface area contributed by atoms with E-state index in [2.05, 4.69) is 24.4 Å². The lowest BCUT2D eigenvalue weighted by Crippen LogP contribution is -2.33. The van der Waals surface area contributed by atoms with Gasteiger partial charge in [-0.25, -0.2) is 0 Å². The van der Waals surface area contributed by atoms with Crippen molar-refractivity contribution < 1.29 is 9.84 Å². The smallest absolute Gasteiger partial charge is 0.119 e. The molecule has 0 aliphatic heterocycles. The first kappa shape index (κ1) is 14.6. The van der Waals surface area contributed by atoms with Gasteiger partial charge >= 0.3 is 0 Å². The van der Waals surface area contributed by atoms with Crippen molar-refractivity contribution in [1.29, 1.82) is 0 Å². The maximum absolute atomic E-state index is 9.92. The molecule has 2 N–H and O–H groups in total. The van der Waals surface area contributed by atoms with Gasteiger partial charge in [-0.3, -0.25) is 0 Å². The second-order valence-corrected chi connectivity index (χ2v) is 4.82. The maximum atomic E-state index is 9.92. The number of nitrogens with one attached hydrogen (secondary N) is 1. The Bertz CT molecular complexity index is 487. The molecule has 0 aromatic heterocycles. The van der Waals surface area contributed by atoms with Crippen molar-refractivity contribution in [3.05, 3.63) is 66.2 Å². The lowest BCUT2D eigenvalue weighted by Gasteiger charge is -2.18. The van der Waals surface area contributed by atoms with Crippen molar-refractivity contribution in [3.63, 3.8) is 0 Å². The third-order valence-corrected chi connectivity index (χ3v) is 3.14. The normalized spacial score (nSPS) is 13.7. The zero-order valence-electron chi connectivity index (χ0n) is 11.7. The van der Waals surface area contributed by atoms with Crippen molar-refractivity contribution in [2.45, 2.75) is 19.1 Å². The van der Waals surface area contributed by atoms with Crippen LogP contribution in [0.25, 0.3) is 0 Å². The van der Waals surface area contributed by atoms with Crippen LogP contribution in [0.3, 0.4) is 0 Å². The van der Waals surface area contributed by atoms with Crippen LogP contribution in [0.5, 0.6) is 5.75 Å². The number of aliphatic hydroxyl groups is 1. The highest BCUT2D eigenvalue weighted by Gasteiger charge is 2.09. The number of rotatable bonds is 7. The molecule has 2 rings (SSSR count). The van der Waals surface area contributed by atoms with Crippen LogP contribution >= 0.6 is 0 Å². The van der Waals surface area contributed by atoms with Crippen LogP contribution < -0.4 is 10.1 Å². The third kappa shape index (κ3) is 4.68. The molecule has 3 heteroatoms. The van der Waals surface area contributed by atoms with Gasteiger partial charge in [0.1, 0.15) is 18.5 Å². The molecule has 0 spiro atoms. The van der Waals surface area contributed by atoms with Crippen molar-refractivity contribution in [1.82, 2.24) is 5.32 Å². The first-order valence-electron chi connectivity index (χ1n) is 6.90. The van der Waals surface area contributed by atoms with E-state index in [9.17, 15) is 5.11 Å². The Balaban J connectivity index is 1.71. The predicted molar refractivity (Wildman–Crippen MR) is 80.8 cm³/mol. The van der Waals surface area contributed by atoms with Crippen molar-refractivity contribution >= 4 is 0 Å². The standard InChI is InChI=1S/C17H21NO2/c1-14(15-8-4-2-5-9-15)18-12-16(19)13-20-17-10-6-3-7-11-17/h2-11,14,16,18-19H,12-13H2,1H3/t14-,16-/m1/s1. The lowest BCUT2D eigenvalue weighted by molar-refractivity contribution is 0.104. The molecule has 3 nitrogen and oxygen atoms in total. The van der Waals surface area contributed by atoms with Gasteiger partial charge in [-0.15, -0.1) is 0 Å². The summed E-state index contributed by atoms with van der Waals surface area (Å²) in [5, 5.41) is 13.2. The first-order valence-corrected chi connectivity index (χ1v) is 6.90. The van der Waals surface area contributed by atoms with E-state index >= 15 is 0 Å². The van der Waals surface area contributed by atoms with E-state index < -0.39 is 6.10 Å². The van der Waals surface area contributed by atoms with Gasteiger partial charge < -0.3 is 15.2 Å². The summed E-state index contributed by atoms with van der Waals surface area (Å²) in [5.74, 6) is 0.780. The molecule has 2 aromatic rings. The Morgan fingerprint density at radius 2 is 1.60 bits per heavy atom. The molecule has 0 saturated heterocycles. The minimum Gasteiger partial charge on any atom is -0.491 e. The summed E-state index contributed by atoms with van der Waals surface area (Å²) in [4.78, 5) is 0.